The molecule has 2 heteroatoms. The van der Waals surface area contributed by atoms with Gasteiger partial charge in [-0.15, -0.1) is 0 Å². The van der Waals surface area contributed by atoms with Crippen LogP contribution in [0.2, 0.25) is 0 Å². The minimum absolute atomic E-state index is 0.108. The van der Waals surface area contributed by atoms with Gasteiger partial charge >= 0.3 is 0 Å². The van der Waals surface area contributed by atoms with Crippen LogP contribution in [0, 0.1) is 5.41 Å². The molecule has 1 aromatic heterocycles. The fourth-order valence-electron chi connectivity index (χ4n) is 2.11. The van der Waals surface area contributed by atoms with E-state index in [2.05, 4.69) is 43.7 Å². The lowest BCUT2D eigenvalue weighted by Gasteiger charge is -2.19. The fourth-order valence-corrected chi connectivity index (χ4v) is 2.11. The van der Waals surface area contributed by atoms with Crippen molar-refractivity contribution in [2.24, 2.45) is 5.41 Å². The van der Waals surface area contributed by atoms with E-state index in [1.165, 1.54) is 10.9 Å². The van der Waals surface area contributed by atoms with Crippen molar-refractivity contribution in [3.63, 3.8) is 0 Å². The number of nitrogens with zero attached hydrogens (tertiary/aromatic N) is 1. The molecule has 1 N–H and O–H groups in total. The molecule has 2 rings (SSSR count). The van der Waals surface area contributed by atoms with Crippen LogP contribution in [-0.4, -0.2) is 9.67 Å². The number of rotatable bonds is 3. The summed E-state index contributed by atoms with van der Waals surface area (Å²) in [7, 11) is 0. The largest absolute Gasteiger partial charge is 0.392 e. The third-order valence-electron chi connectivity index (χ3n) is 3.15. The Hall–Kier alpha value is -1.28. The van der Waals surface area contributed by atoms with Crippen LogP contribution in [0.5, 0.6) is 0 Å². The zero-order valence-electron chi connectivity index (χ0n) is 10.9. The van der Waals surface area contributed by atoms with E-state index in [4.69, 9.17) is 0 Å². The number of aliphatic hydroxyl groups is 1. The molecular formula is C15H21NO. The number of hydrogen-bond donors (Lipinski definition) is 1. The molecule has 0 aliphatic heterocycles. The molecule has 0 unspecified atom stereocenters. The number of para-hydroxylation sites is 1. The normalized spacial score (nSPS) is 12.2. The van der Waals surface area contributed by atoms with E-state index < -0.39 is 0 Å². The highest BCUT2D eigenvalue weighted by molar-refractivity contribution is 5.83. The van der Waals surface area contributed by atoms with Gasteiger partial charge in [0.2, 0.25) is 0 Å². The minimum Gasteiger partial charge on any atom is -0.392 e. The van der Waals surface area contributed by atoms with E-state index in [-0.39, 0.29) is 6.61 Å². The molecule has 0 saturated heterocycles. The summed E-state index contributed by atoms with van der Waals surface area (Å²) in [5.41, 5.74) is 2.53. The van der Waals surface area contributed by atoms with Crippen LogP contribution in [-0.2, 0) is 13.2 Å². The van der Waals surface area contributed by atoms with Gasteiger partial charge in [0, 0.05) is 18.3 Å². The molecule has 0 saturated carbocycles. The molecule has 0 spiro atoms. The lowest BCUT2D eigenvalue weighted by atomic mass is 9.92. The molecule has 0 radical (unpaired) electrons. The first-order valence-corrected chi connectivity index (χ1v) is 6.19. The standard InChI is InChI=1S/C15H21NO/c1-15(2,3)8-10-16-9-7-12-5-4-6-13(11-17)14(12)16/h4-7,9,17H,8,10-11H2,1-3H3. The van der Waals surface area contributed by atoms with Crippen molar-refractivity contribution in [2.75, 3.05) is 0 Å². The van der Waals surface area contributed by atoms with Crippen LogP contribution in [0.25, 0.3) is 10.9 Å². The highest BCUT2D eigenvalue weighted by Crippen LogP contribution is 2.24. The van der Waals surface area contributed by atoms with Gasteiger partial charge in [0.15, 0.2) is 0 Å². The summed E-state index contributed by atoms with van der Waals surface area (Å²) in [6, 6.07) is 8.22. The molecule has 0 amide bonds. The predicted octanol–water partition coefficient (Wildman–Crippen LogP) is 3.57. The first kappa shape index (κ1) is 12.2. The van der Waals surface area contributed by atoms with Gasteiger partial charge in [-0.2, -0.15) is 0 Å². The Balaban J connectivity index is 2.34. The van der Waals surface area contributed by atoms with E-state index >= 15 is 0 Å². The number of aliphatic hydroxyl groups excluding tert-OH is 1. The van der Waals surface area contributed by atoms with Crippen molar-refractivity contribution in [1.29, 1.82) is 0 Å². The summed E-state index contributed by atoms with van der Waals surface area (Å²) in [5.74, 6) is 0. The monoisotopic (exact) mass is 231 g/mol. The zero-order valence-corrected chi connectivity index (χ0v) is 10.9. The van der Waals surface area contributed by atoms with Crippen LogP contribution in [0.1, 0.15) is 32.8 Å². The summed E-state index contributed by atoms with van der Waals surface area (Å²) in [5, 5.41) is 10.6. The lowest BCUT2D eigenvalue weighted by molar-refractivity contribution is 0.282. The molecule has 0 aliphatic carbocycles. The second kappa shape index (κ2) is 4.53. The Labute approximate surface area is 103 Å². The summed E-state index contributed by atoms with van der Waals surface area (Å²) in [6.45, 7) is 7.88. The number of fused-ring (bicyclic) bond motifs is 1. The Morgan fingerprint density at radius 3 is 2.59 bits per heavy atom. The Morgan fingerprint density at radius 1 is 1.18 bits per heavy atom. The van der Waals surface area contributed by atoms with E-state index in [0.717, 1.165) is 18.5 Å². The topological polar surface area (TPSA) is 25.2 Å². The molecule has 92 valence electrons. The number of aryl methyl sites for hydroxylation is 1. The lowest BCUT2D eigenvalue weighted by Crippen LogP contribution is -2.10. The summed E-state index contributed by atoms with van der Waals surface area (Å²) in [6.07, 6.45) is 3.26. The van der Waals surface area contributed by atoms with Crippen LogP contribution >= 0.6 is 0 Å². The summed E-state index contributed by atoms with van der Waals surface area (Å²) < 4.78 is 2.26. The van der Waals surface area contributed by atoms with Gasteiger partial charge in [-0.1, -0.05) is 39.0 Å². The van der Waals surface area contributed by atoms with Gasteiger partial charge < -0.3 is 9.67 Å². The fraction of sp³-hybridized carbons (Fsp3) is 0.467. The molecule has 0 atom stereocenters. The average Bonchev–Trinajstić information content (AvgIpc) is 2.68. The third-order valence-corrected chi connectivity index (χ3v) is 3.15. The molecular weight excluding hydrogens is 210 g/mol. The number of hydrogen-bond acceptors (Lipinski definition) is 1. The summed E-state index contributed by atoms with van der Waals surface area (Å²) >= 11 is 0. The summed E-state index contributed by atoms with van der Waals surface area (Å²) in [4.78, 5) is 0. The first-order chi connectivity index (χ1) is 8.01. The highest BCUT2D eigenvalue weighted by atomic mass is 16.3. The minimum atomic E-state index is 0.108. The molecule has 0 fully saturated rings. The van der Waals surface area contributed by atoms with Gasteiger partial charge in [0.25, 0.3) is 0 Å². The smallest absolute Gasteiger partial charge is 0.0702 e. The van der Waals surface area contributed by atoms with Crippen molar-refractivity contribution < 1.29 is 5.11 Å². The molecule has 1 heterocycles. The SMILES string of the molecule is CC(C)(C)CCn1ccc2cccc(CO)c21. The average molecular weight is 231 g/mol. The van der Waals surface area contributed by atoms with Gasteiger partial charge in [0.05, 0.1) is 12.1 Å². The van der Waals surface area contributed by atoms with Crippen molar-refractivity contribution in [1.82, 2.24) is 4.57 Å². The van der Waals surface area contributed by atoms with Crippen LogP contribution in [0.15, 0.2) is 30.5 Å². The van der Waals surface area contributed by atoms with Gasteiger partial charge in [-0.25, -0.2) is 0 Å². The third kappa shape index (κ3) is 2.70. The van der Waals surface area contributed by atoms with Crippen LogP contribution in [0.3, 0.4) is 0 Å². The zero-order chi connectivity index (χ0) is 12.5. The molecule has 0 bridgehead atoms. The van der Waals surface area contributed by atoms with Crippen molar-refractivity contribution in [3.05, 3.63) is 36.0 Å². The van der Waals surface area contributed by atoms with Crippen molar-refractivity contribution >= 4 is 10.9 Å². The maximum absolute atomic E-state index is 9.39. The predicted molar refractivity (Wildman–Crippen MR) is 71.9 cm³/mol. The highest BCUT2D eigenvalue weighted by Gasteiger charge is 2.12. The van der Waals surface area contributed by atoms with E-state index in [0.29, 0.717) is 5.41 Å². The van der Waals surface area contributed by atoms with E-state index in [1.807, 2.05) is 12.1 Å². The molecule has 1 aromatic carbocycles. The molecule has 2 nitrogen and oxygen atoms in total. The maximum Gasteiger partial charge on any atom is 0.0702 e. The number of aromatic nitrogens is 1. The molecule has 2 aromatic rings. The van der Waals surface area contributed by atoms with Gasteiger partial charge in [-0.05, 0) is 23.3 Å². The molecule has 17 heavy (non-hydrogen) atoms. The Morgan fingerprint density at radius 2 is 1.94 bits per heavy atom. The van der Waals surface area contributed by atoms with Crippen LogP contribution < -0.4 is 0 Å². The maximum atomic E-state index is 9.39. The van der Waals surface area contributed by atoms with E-state index in [1.54, 1.807) is 0 Å². The second-order valence-corrected chi connectivity index (χ2v) is 5.83. The second-order valence-electron chi connectivity index (χ2n) is 5.83. The van der Waals surface area contributed by atoms with Crippen molar-refractivity contribution in [3.8, 4) is 0 Å². The van der Waals surface area contributed by atoms with Gasteiger partial charge in [0.1, 0.15) is 0 Å². The van der Waals surface area contributed by atoms with E-state index in [9.17, 15) is 5.11 Å². The Bertz CT molecular complexity index is 505. The van der Waals surface area contributed by atoms with Crippen molar-refractivity contribution in [2.45, 2.75) is 40.3 Å². The van der Waals surface area contributed by atoms with Gasteiger partial charge in [-0.3, -0.25) is 0 Å². The number of benzene rings is 1. The first-order valence-electron chi connectivity index (χ1n) is 6.19. The quantitative estimate of drug-likeness (QED) is 0.858. The Kier molecular flexibility index (Phi) is 3.25. The molecule has 0 aliphatic rings. The van der Waals surface area contributed by atoms with Crippen LogP contribution in [0.4, 0.5) is 0 Å².